The fourth-order valence-electron chi connectivity index (χ4n) is 5.81. The topological polar surface area (TPSA) is 127 Å². The third kappa shape index (κ3) is 3.82. The lowest BCUT2D eigenvalue weighted by molar-refractivity contribution is -0.138. The van der Waals surface area contributed by atoms with Crippen molar-refractivity contribution in [3.8, 4) is 23.0 Å². The Kier molecular flexibility index (Phi) is 5.49. The molecule has 2 aliphatic heterocycles. The number of carbonyl (C=O) groups is 2. The molecule has 9 heteroatoms. The third-order valence-corrected chi connectivity index (χ3v) is 7.66. The van der Waals surface area contributed by atoms with Crippen LogP contribution in [0.4, 0.5) is 5.82 Å². The largest absolute Gasteiger partial charge is 0.387 e. The molecule has 0 radical (unpaired) electrons. The normalized spacial score (nSPS) is 22.9. The molecule has 0 unspecified atom stereocenters. The second kappa shape index (κ2) is 8.71. The summed E-state index contributed by atoms with van der Waals surface area (Å²) in [5.41, 5.74) is 10.5. The van der Waals surface area contributed by atoms with Crippen LogP contribution >= 0.6 is 0 Å². The monoisotopic (exact) mass is 484 g/mol. The molecular formula is C27H28N6O3. The number of anilines is 1. The SMILES string of the molecule is CC(=O)c1c(C2C[C@H]3CC[C@H](C2)N3C(=O)CO)nc2c(-c3ccc(C#CC4CC4)nc3)cnn2c1N. The van der Waals surface area contributed by atoms with Gasteiger partial charge in [0.15, 0.2) is 11.4 Å². The lowest BCUT2D eigenvalue weighted by Crippen LogP contribution is -2.47. The highest BCUT2D eigenvalue weighted by molar-refractivity contribution is 6.00. The molecule has 184 valence electrons. The highest BCUT2D eigenvalue weighted by Gasteiger charge is 2.44. The van der Waals surface area contributed by atoms with Crippen molar-refractivity contribution >= 4 is 23.2 Å². The van der Waals surface area contributed by atoms with Crippen LogP contribution in [0.3, 0.4) is 0 Å². The van der Waals surface area contributed by atoms with Crippen molar-refractivity contribution in [2.75, 3.05) is 12.3 Å². The molecule has 2 bridgehead atoms. The summed E-state index contributed by atoms with van der Waals surface area (Å²) in [7, 11) is 0. The first-order valence-corrected chi connectivity index (χ1v) is 12.5. The van der Waals surface area contributed by atoms with Crippen LogP contribution < -0.4 is 5.73 Å². The van der Waals surface area contributed by atoms with Crippen LogP contribution in [0.15, 0.2) is 24.5 Å². The van der Waals surface area contributed by atoms with Crippen LogP contribution in [0, 0.1) is 17.8 Å². The Labute approximate surface area is 208 Å². The number of carbonyl (C=O) groups excluding carboxylic acids is 2. The number of fused-ring (bicyclic) bond motifs is 3. The Morgan fingerprint density at radius 3 is 2.50 bits per heavy atom. The van der Waals surface area contributed by atoms with Crippen molar-refractivity contribution in [2.45, 2.75) is 63.5 Å². The number of aliphatic hydroxyl groups excluding tert-OH is 1. The maximum atomic E-state index is 12.7. The number of nitrogen functional groups attached to an aromatic ring is 1. The number of amides is 1. The van der Waals surface area contributed by atoms with Crippen molar-refractivity contribution in [1.82, 2.24) is 24.5 Å². The number of nitrogens with zero attached hydrogens (tertiary/aromatic N) is 5. The lowest BCUT2D eigenvalue weighted by atomic mass is 9.85. The van der Waals surface area contributed by atoms with E-state index in [1.807, 2.05) is 17.0 Å². The van der Waals surface area contributed by atoms with Crippen molar-refractivity contribution in [3.63, 3.8) is 0 Å². The number of piperidine rings is 1. The van der Waals surface area contributed by atoms with Crippen LogP contribution in [0.5, 0.6) is 0 Å². The van der Waals surface area contributed by atoms with Gasteiger partial charge >= 0.3 is 0 Å². The number of rotatable bonds is 4. The Bertz CT molecular complexity index is 1420. The van der Waals surface area contributed by atoms with Crippen molar-refractivity contribution in [1.29, 1.82) is 0 Å². The summed E-state index contributed by atoms with van der Waals surface area (Å²) in [5, 5.41) is 13.9. The molecule has 3 aromatic rings. The number of aliphatic hydroxyl groups is 1. The molecule has 2 atom stereocenters. The summed E-state index contributed by atoms with van der Waals surface area (Å²) in [4.78, 5) is 36.3. The maximum Gasteiger partial charge on any atom is 0.248 e. The molecule has 0 aromatic carbocycles. The van der Waals surface area contributed by atoms with E-state index >= 15 is 0 Å². The molecule has 3 fully saturated rings. The predicted molar refractivity (Wildman–Crippen MR) is 133 cm³/mol. The fourth-order valence-corrected chi connectivity index (χ4v) is 5.81. The summed E-state index contributed by atoms with van der Waals surface area (Å²) in [6.45, 7) is 1.02. The summed E-state index contributed by atoms with van der Waals surface area (Å²) in [6.07, 6.45) is 8.95. The van der Waals surface area contributed by atoms with Gasteiger partial charge < -0.3 is 15.7 Å². The van der Waals surface area contributed by atoms with Crippen molar-refractivity contribution < 1.29 is 14.7 Å². The predicted octanol–water partition coefficient (Wildman–Crippen LogP) is 2.57. The zero-order valence-electron chi connectivity index (χ0n) is 20.1. The van der Waals surface area contributed by atoms with E-state index in [0.717, 1.165) is 29.7 Å². The second-order valence-corrected chi connectivity index (χ2v) is 10.1. The van der Waals surface area contributed by atoms with E-state index in [9.17, 15) is 14.7 Å². The van der Waals surface area contributed by atoms with Crippen LogP contribution in [0.1, 0.15) is 73.1 Å². The van der Waals surface area contributed by atoms with Gasteiger partial charge in [-0.3, -0.25) is 9.59 Å². The molecule has 3 aromatic heterocycles. The Morgan fingerprint density at radius 1 is 1.14 bits per heavy atom. The first-order valence-electron chi connectivity index (χ1n) is 12.5. The van der Waals surface area contributed by atoms with Gasteiger partial charge in [-0.05, 0) is 63.5 Å². The molecule has 9 nitrogen and oxygen atoms in total. The summed E-state index contributed by atoms with van der Waals surface area (Å²) in [5.74, 6) is 6.73. The number of hydrogen-bond acceptors (Lipinski definition) is 7. The van der Waals surface area contributed by atoms with Crippen molar-refractivity contribution in [2.24, 2.45) is 5.92 Å². The molecule has 1 aliphatic carbocycles. The van der Waals surface area contributed by atoms with E-state index in [0.29, 0.717) is 35.7 Å². The van der Waals surface area contributed by atoms with E-state index in [1.54, 1.807) is 12.4 Å². The molecule has 1 amide bonds. The minimum atomic E-state index is -0.480. The van der Waals surface area contributed by atoms with Gasteiger partial charge in [0, 0.05) is 41.2 Å². The van der Waals surface area contributed by atoms with Gasteiger partial charge in [0.25, 0.3) is 0 Å². The number of pyridine rings is 1. The fraction of sp³-hybridized carbons (Fsp3) is 0.444. The zero-order chi connectivity index (χ0) is 25.0. The third-order valence-electron chi connectivity index (χ3n) is 7.66. The zero-order valence-corrected chi connectivity index (χ0v) is 20.1. The number of aromatic nitrogens is 4. The van der Waals surface area contributed by atoms with Gasteiger partial charge in [-0.25, -0.2) is 9.97 Å². The number of ketones is 1. The van der Waals surface area contributed by atoms with Gasteiger partial charge in [0.05, 0.1) is 17.5 Å². The highest BCUT2D eigenvalue weighted by Crippen LogP contribution is 2.44. The lowest BCUT2D eigenvalue weighted by Gasteiger charge is -2.39. The number of nitrogens with two attached hydrogens (primary N) is 1. The minimum Gasteiger partial charge on any atom is -0.387 e. The van der Waals surface area contributed by atoms with Gasteiger partial charge in [-0.15, -0.1) is 0 Å². The quantitative estimate of drug-likeness (QED) is 0.430. The average Bonchev–Trinajstić information content (AvgIpc) is 3.55. The van der Waals surface area contributed by atoms with Gasteiger partial charge in [-0.1, -0.05) is 5.92 Å². The smallest absolute Gasteiger partial charge is 0.248 e. The maximum absolute atomic E-state index is 12.7. The molecule has 3 N–H and O–H groups in total. The van der Waals surface area contributed by atoms with Crippen molar-refractivity contribution in [3.05, 3.63) is 41.5 Å². The molecule has 5 heterocycles. The first-order chi connectivity index (χ1) is 17.4. The Hall–Kier alpha value is -3.77. The van der Waals surface area contributed by atoms with Gasteiger partial charge in [0.2, 0.25) is 5.91 Å². The minimum absolute atomic E-state index is 0.0163. The molecule has 36 heavy (non-hydrogen) atoms. The highest BCUT2D eigenvalue weighted by atomic mass is 16.3. The average molecular weight is 485 g/mol. The summed E-state index contributed by atoms with van der Waals surface area (Å²) >= 11 is 0. The molecule has 6 rings (SSSR count). The van der Waals surface area contributed by atoms with E-state index < -0.39 is 6.61 Å². The van der Waals surface area contributed by atoms with E-state index in [1.165, 1.54) is 24.3 Å². The molecule has 2 saturated heterocycles. The first kappa shape index (κ1) is 22.7. The van der Waals surface area contributed by atoms with E-state index in [2.05, 4.69) is 21.9 Å². The molecule has 0 spiro atoms. The summed E-state index contributed by atoms with van der Waals surface area (Å²) in [6, 6.07) is 3.92. The summed E-state index contributed by atoms with van der Waals surface area (Å²) < 4.78 is 1.52. The number of Topliss-reactive ketones (excluding diaryl/α,β-unsaturated/α-hetero) is 1. The Morgan fingerprint density at radius 2 is 1.89 bits per heavy atom. The standard InChI is InChI=1S/C27H28N6O3/c1-15(35)24-25(18-10-20-8-9-21(11-18)32(20)23(36)14-34)31-27-22(13-30-33(27)26(24)28)17-5-7-19(29-12-17)6-4-16-2-3-16/h5,7,12-13,16,18,20-21,34H,2-3,8-11,14,28H2,1H3/t20-,21-/m1/s1. The van der Waals surface area contributed by atoms with Crippen LogP contribution in [-0.4, -0.2) is 60.0 Å². The van der Waals surface area contributed by atoms with Crippen LogP contribution in [0.2, 0.25) is 0 Å². The second-order valence-electron chi connectivity index (χ2n) is 10.1. The van der Waals surface area contributed by atoms with Gasteiger partial charge in [0.1, 0.15) is 18.1 Å². The molecule has 1 saturated carbocycles. The Balaban J connectivity index is 1.39. The van der Waals surface area contributed by atoms with Crippen LogP contribution in [-0.2, 0) is 4.79 Å². The molecular weight excluding hydrogens is 456 g/mol. The van der Waals surface area contributed by atoms with E-state index in [-0.39, 0.29) is 35.5 Å². The van der Waals surface area contributed by atoms with Crippen LogP contribution in [0.25, 0.3) is 16.8 Å². The van der Waals surface area contributed by atoms with Gasteiger partial charge in [-0.2, -0.15) is 9.61 Å². The molecule has 3 aliphatic rings. The van der Waals surface area contributed by atoms with E-state index in [4.69, 9.17) is 10.7 Å². The number of hydrogen-bond donors (Lipinski definition) is 2.